The van der Waals surface area contributed by atoms with Crippen molar-refractivity contribution in [3.8, 4) is 11.5 Å². The van der Waals surface area contributed by atoms with Gasteiger partial charge in [0.2, 0.25) is 12.7 Å². The molecular formula is C18H26N2O4. The lowest BCUT2D eigenvalue weighted by atomic mass is 10.1. The first-order chi connectivity index (χ1) is 11.7. The van der Waals surface area contributed by atoms with E-state index < -0.39 is 0 Å². The van der Waals surface area contributed by atoms with E-state index in [1.165, 1.54) is 0 Å². The first-order valence-electron chi connectivity index (χ1n) is 8.61. The second-order valence-electron chi connectivity index (χ2n) is 6.44. The number of amides is 1. The third-order valence-corrected chi connectivity index (χ3v) is 4.65. The molecule has 0 radical (unpaired) electrons. The van der Waals surface area contributed by atoms with Gasteiger partial charge in [-0.15, -0.1) is 0 Å². The molecule has 1 N–H and O–H groups in total. The van der Waals surface area contributed by atoms with Crippen molar-refractivity contribution >= 4 is 5.91 Å². The molecule has 1 atom stereocenters. The molecule has 1 fully saturated rings. The Morgan fingerprint density at radius 3 is 3.12 bits per heavy atom. The Morgan fingerprint density at radius 2 is 2.25 bits per heavy atom. The quantitative estimate of drug-likeness (QED) is 0.779. The number of carbonyl (C=O) groups excluding carboxylic acids is 1. The minimum Gasteiger partial charge on any atom is -0.454 e. The smallest absolute Gasteiger partial charge is 0.231 e. The Hall–Kier alpha value is -1.79. The zero-order valence-corrected chi connectivity index (χ0v) is 14.3. The SMILES string of the molecule is COCCN1CC[C@@H](CNC(=O)CCc2ccc3c(c2)OCO3)C1. The molecule has 0 aliphatic carbocycles. The molecule has 0 bridgehead atoms. The molecule has 0 saturated carbocycles. The van der Waals surface area contributed by atoms with Crippen LogP contribution in [0.2, 0.25) is 0 Å². The van der Waals surface area contributed by atoms with E-state index in [0.29, 0.717) is 18.8 Å². The van der Waals surface area contributed by atoms with Crippen LogP contribution in [-0.2, 0) is 16.0 Å². The second kappa shape index (κ2) is 8.35. The lowest BCUT2D eigenvalue weighted by Gasteiger charge is -2.15. The molecule has 1 saturated heterocycles. The molecule has 1 aromatic carbocycles. The molecule has 2 aliphatic rings. The van der Waals surface area contributed by atoms with Gasteiger partial charge in [-0.05, 0) is 43.0 Å². The van der Waals surface area contributed by atoms with Gasteiger partial charge in [0.25, 0.3) is 0 Å². The third kappa shape index (κ3) is 4.61. The lowest BCUT2D eigenvalue weighted by Crippen LogP contribution is -2.31. The highest BCUT2D eigenvalue weighted by Gasteiger charge is 2.22. The van der Waals surface area contributed by atoms with E-state index in [-0.39, 0.29) is 12.7 Å². The number of carbonyl (C=O) groups is 1. The Balaban J connectivity index is 1.34. The molecule has 1 amide bonds. The molecule has 6 nitrogen and oxygen atoms in total. The number of fused-ring (bicyclic) bond motifs is 1. The zero-order chi connectivity index (χ0) is 16.8. The number of nitrogens with one attached hydrogen (secondary N) is 1. The third-order valence-electron chi connectivity index (χ3n) is 4.65. The van der Waals surface area contributed by atoms with Crippen LogP contribution in [0.1, 0.15) is 18.4 Å². The zero-order valence-electron chi connectivity index (χ0n) is 14.3. The number of hydrogen-bond acceptors (Lipinski definition) is 5. The average molecular weight is 334 g/mol. The number of likely N-dealkylation sites (tertiary alicyclic amines) is 1. The predicted molar refractivity (Wildman–Crippen MR) is 90.3 cm³/mol. The van der Waals surface area contributed by atoms with E-state index in [4.69, 9.17) is 14.2 Å². The Bertz CT molecular complexity index is 564. The first kappa shape index (κ1) is 17.0. The first-order valence-corrected chi connectivity index (χ1v) is 8.61. The molecule has 6 heteroatoms. The summed E-state index contributed by atoms with van der Waals surface area (Å²) in [4.78, 5) is 14.5. The van der Waals surface area contributed by atoms with Gasteiger partial charge in [-0.2, -0.15) is 0 Å². The van der Waals surface area contributed by atoms with Gasteiger partial charge in [-0.1, -0.05) is 6.07 Å². The summed E-state index contributed by atoms with van der Waals surface area (Å²) < 4.78 is 15.8. The fourth-order valence-corrected chi connectivity index (χ4v) is 3.20. The number of methoxy groups -OCH3 is 1. The molecule has 132 valence electrons. The van der Waals surface area contributed by atoms with Crippen LogP contribution in [0, 0.1) is 5.92 Å². The topological polar surface area (TPSA) is 60.0 Å². The largest absolute Gasteiger partial charge is 0.454 e. The predicted octanol–water partition coefficient (Wildman–Crippen LogP) is 1.43. The molecule has 0 spiro atoms. The van der Waals surface area contributed by atoms with Crippen molar-refractivity contribution in [3.05, 3.63) is 23.8 Å². The summed E-state index contributed by atoms with van der Waals surface area (Å²) in [6, 6.07) is 5.86. The summed E-state index contributed by atoms with van der Waals surface area (Å²) in [5.74, 6) is 2.22. The number of ether oxygens (including phenoxy) is 3. The molecular weight excluding hydrogens is 308 g/mol. The normalized spacial score (nSPS) is 19.6. The van der Waals surface area contributed by atoms with E-state index >= 15 is 0 Å². The van der Waals surface area contributed by atoms with Crippen molar-refractivity contribution in [1.82, 2.24) is 10.2 Å². The number of nitrogens with zero attached hydrogens (tertiary/aromatic N) is 1. The number of aryl methyl sites for hydroxylation is 1. The van der Waals surface area contributed by atoms with Crippen LogP contribution in [0.25, 0.3) is 0 Å². The lowest BCUT2D eigenvalue weighted by molar-refractivity contribution is -0.121. The van der Waals surface area contributed by atoms with Gasteiger partial charge >= 0.3 is 0 Å². The van der Waals surface area contributed by atoms with E-state index in [1.54, 1.807) is 7.11 Å². The van der Waals surface area contributed by atoms with Crippen molar-refractivity contribution < 1.29 is 19.0 Å². The van der Waals surface area contributed by atoms with Gasteiger partial charge in [-0.25, -0.2) is 0 Å². The maximum absolute atomic E-state index is 12.1. The fraction of sp³-hybridized carbons (Fsp3) is 0.611. The van der Waals surface area contributed by atoms with Crippen molar-refractivity contribution in [2.24, 2.45) is 5.92 Å². The highest BCUT2D eigenvalue weighted by molar-refractivity contribution is 5.76. The van der Waals surface area contributed by atoms with Gasteiger partial charge in [0.1, 0.15) is 0 Å². The Kier molecular flexibility index (Phi) is 5.93. The average Bonchev–Trinajstić information content (AvgIpc) is 3.24. The van der Waals surface area contributed by atoms with E-state index in [1.807, 2.05) is 18.2 Å². The molecule has 2 heterocycles. The van der Waals surface area contributed by atoms with E-state index in [9.17, 15) is 4.79 Å². The summed E-state index contributed by atoms with van der Waals surface area (Å²) in [5, 5.41) is 3.07. The summed E-state index contributed by atoms with van der Waals surface area (Å²) >= 11 is 0. The van der Waals surface area contributed by atoms with Crippen molar-refractivity contribution in [2.45, 2.75) is 19.3 Å². The fourth-order valence-electron chi connectivity index (χ4n) is 3.20. The molecule has 1 aromatic rings. The number of hydrogen-bond donors (Lipinski definition) is 1. The van der Waals surface area contributed by atoms with Crippen LogP contribution in [0.5, 0.6) is 11.5 Å². The van der Waals surface area contributed by atoms with Crippen molar-refractivity contribution in [3.63, 3.8) is 0 Å². The number of benzene rings is 1. The molecule has 2 aliphatic heterocycles. The second-order valence-corrected chi connectivity index (χ2v) is 6.44. The van der Waals surface area contributed by atoms with Crippen molar-refractivity contribution in [2.75, 3.05) is 46.7 Å². The van der Waals surface area contributed by atoms with Gasteiger partial charge in [0.05, 0.1) is 6.61 Å². The highest BCUT2D eigenvalue weighted by Crippen LogP contribution is 2.32. The van der Waals surface area contributed by atoms with Crippen LogP contribution in [-0.4, -0.2) is 57.5 Å². The number of rotatable bonds is 8. The summed E-state index contributed by atoms with van der Waals surface area (Å²) in [6.45, 7) is 4.94. The van der Waals surface area contributed by atoms with Crippen molar-refractivity contribution in [1.29, 1.82) is 0 Å². The van der Waals surface area contributed by atoms with Crippen LogP contribution >= 0.6 is 0 Å². The standard InChI is InChI=1S/C18H26N2O4/c1-22-9-8-20-7-6-15(12-20)11-19-18(21)5-3-14-2-4-16-17(10-14)24-13-23-16/h2,4,10,15H,3,5-9,11-13H2,1H3,(H,19,21)/t15-/m0/s1. The van der Waals surface area contributed by atoms with E-state index in [0.717, 1.165) is 56.3 Å². The van der Waals surface area contributed by atoms with Crippen LogP contribution in [0.3, 0.4) is 0 Å². The van der Waals surface area contributed by atoms with Crippen LogP contribution in [0.15, 0.2) is 18.2 Å². The maximum atomic E-state index is 12.1. The minimum absolute atomic E-state index is 0.114. The van der Waals surface area contributed by atoms with Gasteiger partial charge in [-0.3, -0.25) is 4.79 Å². The summed E-state index contributed by atoms with van der Waals surface area (Å²) in [6.07, 6.45) is 2.36. The summed E-state index contributed by atoms with van der Waals surface area (Å²) in [5.41, 5.74) is 1.10. The van der Waals surface area contributed by atoms with E-state index in [2.05, 4.69) is 10.2 Å². The Labute approximate surface area is 143 Å². The molecule has 0 aromatic heterocycles. The molecule has 24 heavy (non-hydrogen) atoms. The minimum atomic E-state index is 0.114. The molecule has 3 rings (SSSR count). The molecule has 0 unspecified atom stereocenters. The van der Waals surface area contributed by atoms with Crippen LogP contribution in [0.4, 0.5) is 0 Å². The maximum Gasteiger partial charge on any atom is 0.231 e. The van der Waals surface area contributed by atoms with Gasteiger partial charge in [0.15, 0.2) is 11.5 Å². The Morgan fingerprint density at radius 1 is 1.38 bits per heavy atom. The highest BCUT2D eigenvalue weighted by atomic mass is 16.7. The summed E-state index contributed by atoms with van der Waals surface area (Å²) in [7, 11) is 1.73. The monoisotopic (exact) mass is 334 g/mol. The van der Waals surface area contributed by atoms with Gasteiger partial charge in [0, 0.05) is 33.2 Å². The van der Waals surface area contributed by atoms with Gasteiger partial charge < -0.3 is 24.4 Å². The van der Waals surface area contributed by atoms with Crippen LogP contribution < -0.4 is 14.8 Å².